The number of hydrogen-bond donors (Lipinski definition) is 1. The summed E-state index contributed by atoms with van der Waals surface area (Å²) in [6.45, 7) is 8.11. The summed E-state index contributed by atoms with van der Waals surface area (Å²) in [4.78, 5) is 11.9. The summed E-state index contributed by atoms with van der Waals surface area (Å²) in [6.07, 6.45) is 0.907. The zero-order valence-corrected chi connectivity index (χ0v) is 11.9. The fraction of sp³-hybridized carbons (Fsp3) is 0.467. The van der Waals surface area contributed by atoms with Gasteiger partial charge >= 0.3 is 0 Å². The van der Waals surface area contributed by atoms with Crippen molar-refractivity contribution in [3.63, 3.8) is 0 Å². The van der Waals surface area contributed by atoms with Gasteiger partial charge in [0.2, 0.25) is 5.91 Å². The molecule has 0 saturated heterocycles. The van der Waals surface area contributed by atoms with Crippen molar-refractivity contribution in [2.75, 3.05) is 11.9 Å². The van der Waals surface area contributed by atoms with Gasteiger partial charge in [-0.1, -0.05) is 27.7 Å². The van der Waals surface area contributed by atoms with Crippen LogP contribution in [0.15, 0.2) is 18.2 Å². The molecule has 0 saturated carbocycles. The molecule has 4 heteroatoms. The molecule has 0 atom stereocenters. The summed E-state index contributed by atoms with van der Waals surface area (Å²) in [6, 6.07) is 7.18. The maximum Gasteiger partial charge on any atom is 0.229 e. The lowest BCUT2D eigenvalue weighted by Crippen LogP contribution is -2.27. The van der Waals surface area contributed by atoms with Gasteiger partial charge < -0.3 is 10.1 Å². The van der Waals surface area contributed by atoms with Crippen molar-refractivity contribution in [3.05, 3.63) is 23.8 Å². The Morgan fingerprint density at radius 1 is 1.42 bits per heavy atom. The fourth-order valence-corrected chi connectivity index (χ4v) is 1.34. The van der Waals surface area contributed by atoms with E-state index in [2.05, 4.69) is 11.4 Å². The average Bonchev–Trinajstić information content (AvgIpc) is 2.36. The van der Waals surface area contributed by atoms with Gasteiger partial charge in [0.1, 0.15) is 11.8 Å². The van der Waals surface area contributed by atoms with Crippen LogP contribution in [0, 0.1) is 16.7 Å². The first-order valence-corrected chi connectivity index (χ1v) is 6.37. The van der Waals surface area contributed by atoms with Crippen molar-refractivity contribution in [1.29, 1.82) is 5.26 Å². The molecule has 0 aromatic heterocycles. The highest BCUT2D eigenvalue weighted by Crippen LogP contribution is 2.24. The SMILES string of the molecule is CCCOc1ccc(NC(=O)C(C)(C)C)c(C#N)c1. The second-order valence-corrected chi connectivity index (χ2v) is 5.37. The van der Waals surface area contributed by atoms with Gasteiger partial charge in [-0.05, 0) is 24.6 Å². The van der Waals surface area contributed by atoms with Crippen LogP contribution in [0.1, 0.15) is 39.7 Å². The van der Waals surface area contributed by atoms with E-state index < -0.39 is 5.41 Å². The highest BCUT2D eigenvalue weighted by atomic mass is 16.5. The van der Waals surface area contributed by atoms with E-state index in [1.165, 1.54) is 0 Å². The van der Waals surface area contributed by atoms with Crippen LogP contribution in [0.2, 0.25) is 0 Å². The molecule has 4 nitrogen and oxygen atoms in total. The lowest BCUT2D eigenvalue weighted by atomic mass is 9.95. The van der Waals surface area contributed by atoms with Gasteiger partial charge in [-0.15, -0.1) is 0 Å². The minimum Gasteiger partial charge on any atom is -0.494 e. The number of rotatable bonds is 4. The van der Waals surface area contributed by atoms with E-state index >= 15 is 0 Å². The van der Waals surface area contributed by atoms with Crippen molar-refractivity contribution in [3.8, 4) is 11.8 Å². The van der Waals surface area contributed by atoms with Crippen molar-refractivity contribution in [1.82, 2.24) is 0 Å². The summed E-state index contributed by atoms with van der Waals surface area (Å²) in [5.74, 6) is 0.526. The van der Waals surface area contributed by atoms with Crippen molar-refractivity contribution < 1.29 is 9.53 Å². The molecule has 0 unspecified atom stereocenters. The van der Waals surface area contributed by atoms with Crippen molar-refractivity contribution in [2.45, 2.75) is 34.1 Å². The van der Waals surface area contributed by atoms with E-state index in [1.54, 1.807) is 18.2 Å². The Hall–Kier alpha value is -2.02. The maximum atomic E-state index is 11.9. The molecule has 0 fully saturated rings. The van der Waals surface area contributed by atoms with Crippen LogP contribution in [0.4, 0.5) is 5.69 Å². The van der Waals surface area contributed by atoms with E-state index in [0.29, 0.717) is 23.6 Å². The third-order valence-corrected chi connectivity index (χ3v) is 2.51. The number of nitriles is 1. The number of nitrogens with zero attached hydrogens (tertiary/aromatic N) is 1. The van der Waals surface area contributed by atoms with Gasteiger partial charge in [-0.25, -0.2) is 0 Å². The number of anilines is 1. The molecule has 0 aliphatic heterocycles. The molecule has 1 aromatic carbocycles. The van der Waals surface area contributed by atoms with Crippen molar-refractivity contribution in [2.24, 2.45) is 5.41 Å². The predicted molar refractivity (Wildman–Crippen MR) is 75.0 cm³/mol. The van der Waals surface area contributed by atoms with Crippen LogP contribution in [0.25, 0.3) is 0 Å². The van der Waals surface area contributed by atoms with E-state index in [0.717, 1.165) is 6.42 Å². The number of carbonyl (C=O) groups excluding carboxylic acids is 1. The van der Waals surface area contributed by atoms with E-state index in [1.807, 2.05) is 27.7 Å². The van der Waals surface area contributed by atoms with Crippen LogP contribution in [-0.4, -0.2) is 12.5 Å². The number of amides is 1. The molecule has 0 aliphatic rings. The lowest BCUT2D eigenvalue weighted by molar-refractivity contribution is -0.123. The third-order valence-electron chi connectivity index (χ3n) is 2.51. The Labute approximate surface area is 114 Å². The molecule has 102 valence electrons. The highest BCUT2D eigenvalue weighted by molar-refractivity contribution is 5.95. The first-order valence-electron chi connectivity index (χ1n) is 6.37. The van der Waals surface area contributed by atoms with Crippen molar-refractivity contribution >= 4 is 11.6 Å². The van der Waals surface area contributed by atoms with Crippen LogP contribution in [0.3, 0.4) is 0 Å². The molecule has 0 radical (unpaired) electrons. The van der Waals surface area contributed by atoms with Gasteiger partial charge in [-0.3, -0.25) is 4.79 Å². The molecule has 0 bridgehead atoms. The molecule has 0 heterocycles. The molecule has 1 rings (SSSR count). The smallest absolute Gasteiger partial charge is 0.229 e. The molecule has 0 aliphatic carbocycles. The molecular formula is C15H20N2O2. The molecule has 1 aromatic rings. The topological polar surface area (TPSA) is 62.1 Å². The summed E-state index contributed by atoms with van der Waals surface area (Å²) in [5.41, 5.74) is 0.432. The molecule has 1 amide bonds. The van der Waals surface area contributed by atoms with E-state index in [4.69, 9.17) is 10.00 Å². The van der Waals surface area contributed by atoms with Gasteiger partial charge in [0.15, 0.2) is 0 Å². The minimum atomic E-state index is -0.496. The summed E-state index contributed by atoms with van der Waals surface area (Å²) in [5, 5.41) is 11.9. The van der Waals surface area contributed by atoms with Gasteiger partial charge in [0.25, 0.3) is 0 Å². The normalized spacial score (nSPS) is 10.7. The highest BCUT2D eigenvalue weighted by Gasteiger charge is 2.22. The number of carbonyl (C=O) groups is 1. The largest absolute Gasteiger partial charge is 0.494 e. The van der Waals surface area contributed by atoms with Gasteiger partial charge in [0.05, 0.1) is 17.9 Å². The number of hydrogen-bond acceptors (Lipinski definition) is 3. The molecule has 19 heavy (non-hydrogen) atoms. The Morgan fingerprint density at radius 2 is 2.11 bits per heavy atom. The summed E-state index contributed by atoms with van der Waals surface area (Å²) >= 11 is 0. The Bertz CT molecular complexity index is 496. The number of ether oxygens (including phenoxy) is 1. The average molecular weight is 260 g/mol. The summed E-state index contributed by atoms with van der Waals surface area (Å²) < 4.78 is 5.46. The quantitative estimate of drug-likeness (QED) is 0.903. The number of benzene rings is 1. The Balaban J connectivity index is 2.91. The number of nitrogens with one attached hydrogen (secondary N) is 1. The van der Waals surface area contributed by atoms with E-state index in [-0.39, 0.29) is 5.91 Å². The van der Waals surface area contributed by atoms with Crippen LogP contribution in [-0.2, 0) is 4.79 Å². The minimum absolute atomic E-state index is 0.119. The van der Waals surface area contributed by atoms with Crippen LogP contribution >= 0.6 is 0 Å². The molecular weight excluding hydrogens is 240 g/mol. The van der Waals surface area contributed by atoms with Crippen LogP contribution in [0.5, 0.6) is 5.75 Å². The predicted octanol–water partition coefficient (Wildman–Crippen LogP) is 3.33. The first-order chi connectivity index (χ1) is 8.88. The lowest BCUT2D eigenvalue weighted by Gasteiger charge is -2.18. The second-order valence-electron chi connectivity index (χ2n) is 5.37. The zero-order chi connectivity index (χ0) is 14.5. The summed E-state index contributed by atoms with van der Waals surface area (Å²) in [7, 11) is 0. The Kier molecular flexibility index (Phi) is 4.94. The van der Waals surface area contributed by atoms with Gasteiger partial charge in [-0.2, -0.15) is 5.26 Å². The monoisotopic (exact) mass is 260 g/mol. The zero-order valence-electron chi connectivity index (χ0n) is 11.9. The second kappa shape index (κ2) is 6.24. The van der Waals surface area contributed by atoms with Gasteiger partial charge in [0, 0.05) is 5.41 Å². The Morgan fingerprint density at radius 3 is 2.63 bits per heavy atom. The molecule has 1 N–H and O–H groups in total. The van der Waals surface area contributed by atoms with Crippen LogP contribution < -0.4 is 10.1 Å². The standard InChI is InChI=1S/C15H20N2O2/c1-5-8-19-12-6-7-13(11(9-12)10-16)17-14(18)15(2,3)4/h6-7,9H,5,8H2,1-4H3,(H,17,18). The third kappa shape index (κ3) is 4.29. The maximum absolute atomic E-state index is 11.9. The van der Waals surface area contributed by atoms with E-state index in [9.17, 15) is 4.79 Å². The molecule has 0 spiro atoms. The first kappa shape index (κ1) is 15.0. The fourth-order valence-electron chi connectivity index (χ4n) is 1.34.